The number of ether oxygens (including phenoxy) is 1. The molecule has 2 aromatic carbocycles. The second kappa shape index (κ2) is 14.8. The Bertz CT molecular complexity index is 1300. The van der Waals surface area contributed by atoms with Gasteiger partial charge in [-0.1, -0.05) is 81.8 Å². The number of alkyl carbamates (subject to hydrolysis) is 1. The molecule has 2 aliphatic rings. The summed E-state index contributed by atoms with van der Waals surface area (Å²) in [5.74, 6) is -1.24. The predicted molar refractivity (Wildman–Crippen MR) is 162 cm³/mol. The van der Waals surface area contributed by atoms with E-state index in [0.29, 0.717) is 36.3 Å². The quantitative estimate of drug-likeness (QED) is 0.263. The first-order chi connectivity index (χ1) is 20.6. The summed E-state index contributed by atoms with van der Waals surface area (Å²) >= 11 is 6.27. The Balaban J connectivity index is 1.54. The molecular weight excluding hydrogens is 573 g/mol. The number of nitrogens with one attached hydrogen (secondary N) is 3. The lowest BCUT2D eigenvalue weighted by atomic mass is 9.76. The van der Waals surface area contributed by atoms with Crippen molar-refractivity contribution in [2.45, 2.75) is 88.8 Å². The van der Waals surface area contributed by atoms with Crippen molar-refractivity contribution in [3.05, 3.63) is 70.5 Å². The van der Waals surface area contributed by atoms with Gasteiger partial charge < -0.3 is 25.5 Å². The van der Waals surface area contributed by atoms with E-state index in [4.69, 9.17) is 16.3 Å². The summed E-state index contributed by atoms with van der Waals surface area (Å²) < 4.78 is 20.3. The third-order valence-electron chi connectivity index (χ3n) is 8.70. The van der Waals surface area contributed by atoms with Crippen molar-refractivity contribution in [1.82, 2.24) is 16.0 Å². The standard InChI is InChI=1S/C33H41ClFN3O5/c1-33(2,24-11-7-12-25(34)19-24)29(22-10-6-13-26(35)17-22)43-32(42)38-28(16-21-8-4-3-5-9-21)31(41)37-27(20-39)18-23-14-15-36-30(23)40/h6-7,10-13,17,19-21,23,27-29H,3-5,8-9,14-16,18H2,1-2H3,(H,36,40)(H,37,41)(H,38,42)/t23-,27?,28?,29?/m0/s1. The highest BCUT2D eigenvalue weighted by atomic mass is 35.5. The van der Waals surface area contributed by atoms with Gasteiger partial charge in [-0.15, -0.1) is 0 Å². The van der Waals surface area contributed by atoms with Gasteiger partial charge in [-0.3, -0.25) is 9.59 Å². The second-order valence-corrected chi connectivity index (χ2v) is 12.7. The van der Waals surface area contributed by atoms with Gasteiger partial charge in [-0.25, -0.2) is 9.18 Å². The summed E-state index contributed by atoms with van der Waals surface area (Å²) in [6.45, 7) is 4.29. The molecule has 3 unspecified atom stereocenters. The number of hydrogen-bond donors (Lipinski definition) is 3. The summed E-state index contributed by atoms with van der Waals surface area (Å²) in [5, 5.41) is 8.76. The molecule has 2 aromatic rings. The Kier molecular flexibility index (Phi) is 11.2. The van der Waals surface area contributed by atoms with Crippen LogP contribution < -0.4 is 16.0 Å². The molecule has 3 N–H and O–H groups in total. The van der Waals surface area contributed by atoms with Crippen LogP contribution in [0.15, 0.2) is 48.5 Å². The Morgan fingerprint density at radius 2 is 1.81 bits per heavy atom. The molecule has 8 nitrogen and oxygen atoms in total. The highest BCUT2D eigenvalue weighted by Gasteiger charge is 2.38. The molecule has 3 amide bonds. The van der Waals surface area contributed by atoms with Gasteiger partial charge in [-0.05, 0) is 60.6 Å². The molecular formula is C33H41ClFN3O5. The molecule has 0 radical (unpaired) electrons. The minimum Gasteiger partial charge on any atom is -0.440 e. The zero-order chi connectivity index (χ0) is 31.0. The van der Waals surface area contributed by atoms with Gasteiger partial charge in [0.15, 0.2) is 0 Å². The zero-order valence-corrected chi connectivity index (χ0v) is 25.5. The zero-order valence-electron chi connectivity index (χ0n) is 24.7. The summed E-state index contributed by atoms with van der Waals surface area (Å²) in [7, 11) is 0. The van der Waals surface area contributed by atoms with Crippen LogP contribution in [0, 0.1) is 17.7 Å². The van der Waals surface area contributed by atoms with E-state index >= 15 is 0 Å². The number of carbonyl (C=O) groups excluding carboxylic acids is 4. The van der Waals surface area contributed by atoms with Crippen molar-refractivity contribution < 1.29 is 28.3 Å². The summed E-state index contributed by atoms with van der Waals surface area (Å²) in [6, 6.07) is 11.2. The summed E-state index contributed by atoms with van der Waals surface area (Å²) in [4.78, 5) is 51.0. The first-order valence-corrected chi connectivity index (χ1v) is 15.5. The maximum Gasteiger partial charge on any atom is 0.408 e. The van der Waals surface area contributed by atoms with Gasteiger partial charge in [-0.2, -0.15) is 0 Å². The van der Waals surface area contributed by atoms with Crippen molar-refractivity contribution in [3.8, 4) is 0 Å². The Morgan fingerprint density at radius 3 is 2.47 bits per heavy atom. The van der Waals surface area contributed by atoms with Gasteiger partial charge in [0.25, 0.3) is 0 Å². The lowest BCUT2D eigenvalue weighted by molar-refractivity contribution is -0.127. The maximum absolute atomic E-state index is 14.3. The normalized spacial score (nSPS) is 19.5. The molecule has 0 aromatic heterocycles. The first-order valence-electron chi connectivity index (χ1n) is 15.1. The van der Waals surface area contributed by atoms with Crippen LogP contribution in [0.3, 0.4) is 0 Å². The lowest BCUT2D eigenvalue weighted by Crippen LogP contribution is -2.52. The van der Waals surface area contributed by atoms with E-state index in [1.165, 1.54) is 12.1 Å². The molecule has 0 spiro atoms. The van der Waals surface area contributed by atoms with Crippen LogP contribution >= 0.6 is 11.6 Å². The molecule has 4 atom stereocenters. The summed E-state index contributed by atoms with van der Waals surface area (Å²) in [6.07, 6.45) is 5.15. The van der Waals surface area contributed by atoms with Gasteiger partial charge in [0.1, 0.15) is 24.2 Å². The number of carbonyl (C=O) groups is 4. The van der Waals surface area contributed by atoms with Gasteiger partial charge in [0.2, 0.25) is 11.8 Å². The fraction of sp³-hybridized carbons (Fsp3) is 0.515. The van der Waals surface area contributed by atoms with Crippen LogP contribution in [0.1, 0.15) is 82.4 Å². The number of amides is 3. The van der Waals surface area contributed by atoms with Crippen molar-refractivity contribution in [1.29, 1.82) is 0 Å². The van der Waals surface area contributed by atoms with Crippen LogP contribution in [-0.4, -0.2) is 42.8 Å². The molecule has 1 aliphatic carbocycles. The average Bonchev–Trinajstić information content (AvgIpc) is 3.39. The van der Waals surface area contributed by atoms with Crippen LogP contribution in [0.4, 0.5) is 9.18 Å². The molecule has 232 valence electrons. The highest BCUT2D eigenvalue weighted by Crippen LogP contribution is 2.40. The van der Waals surface area contributed by atoms with Gasteiger partial charge in [0.05, 0.1) is 6.04 Å². The molecule has 1 saturated heterocycles. The highest BCUT2D eigenvalue weighted by molar-refractivity contribution is 6.30. The number of benzene rings is 2. The first kappa shape index (κ1) is 32.5. The van der Waals surface area contributed by atoms with E-state index in [0.717, 1.165) is 37.7 Å². The smallest absolute Gasteiger partial charge is 0.408 e. The third-order valence-corrected chi connectivity index (χ3v) is 8.93. The van der Waals surface area contributed by atoms with E-state index < -0.39 is 41.4 Å². The van der Waals surface area contributed by atoms with E-state index in [2.05, 4.69) is 16.0 Å². The Morgan fingerprint density at radius 1 is 1.07 bits per heavy atom. The van der Waals surface area contributed by atoms with Crippen LogP contribution in [0.25, 0.3) is 0 Å². The second-order valence-electron chi connectivity index (χ2n) is 12.3. The van der Waals surface area contributed by atoms with Crippen molar-refractivity contribution in [3.63, 3.8) is 0 Å². The van der Waals surface area contributed by atoms with Gasteiger partial charge in [0, 0.05) is 22.9 Å². The third kappa shape index (κ3) is 8.78. The van der Waals surface area contributed by atoms with Gasteiger partial charge >= 0.3 is 6.09 Å². The van der Waals surface area contributed by atoms with E-state index in [1.807, 2.05) is 19.9 Å². The summed E-state index contributed by atoms with van der Waals surface area (Å²) in [5.41, 5.74) is 0.398. The minimum absolute atomic E-state index is 0.132. The van der Waals surface area contributed by atoms with E-state index in [-0.39, 0.29) is 24.2 Å². The average molecular weight is 614 g/mol. The molecule has 10 heteroatoms. The number of hydrogen-bond acceptors (Lipinski definition) is 5. The molecule has 2 fully saturated rings. The Hall–Kier alpha value is -3.46. The fourth-order valence-electron chi connectivity index (χ4n) is 6.22. The predicted octanol–water partition coefficient (Wildman–Crippen LogP) is 5.77. The van der Waals surface area contributed by atoms with Crippen molar-refractivity contribution in [2.24, 2.45) is 11.8 Å². The molecule has 1 heterocycles. The topological polar surface area (TPSA) is 114 Å². The maximum atomic E-state index is 14.3. The van der Waals surface area contributed by atoms with Crippen molar-refractivity contribution in [2.75, 3.05) is 6.54 Å². The lowest BCUT2D eigenvalue weighted by Gasteiger charge is -2.35. The van der Waals surface area contributed by atoms with E-state index in [1.54, 1.807) is 30.3 Å². The molecule has 1 aliphatic heterocycles. The monoisotopic (exact) mass is 613 g/mol. The molecule has 43 heavy (non-hydrogen) atoms. The molecule has 4 rings (SSSR count). The largest absolute Gasteiger partial charge is 0.440 e. The van der Waals surface area contributed by atoms with Crippen LogP contribution in [0.5, 0.6) is 0 Å². The SMILES string of the molecule is CC(C)(c1cccc(Cl)c1)C(OC(=O)NC(CC1CCCCC1)C(=O)NC(C=O)C[C@@H]1CCNC1=O)c1cccc(F)c1. The molecule has 0 bridgehead atoms. The van der Waals surface area contributed by atoms with Crippen molar-refractivity contribution >= 4 is 35.8 Å². The van der Waals surface area contributed by atoms with Crippen LogP contribution in [0.2, 0.25) is 5.02 Å². The van der Waals surface area contributed by atoms with E-state index in [9.17, 15) is 23.6 Å². The number of aldehydes is 1. The van der Waals surface area contributed by atoms with Crippen LogP contribution in [-0.2, 0) is 24.5 Å². The molecule has 1 saturated carbocycles. The number of rotatable bonds is 12. The fourth-order valence-corrected chi connectivity index (χ4v) is 6.41. The minimum atomic E-state index is -0.960. The number of halogens is 2. The Labute approximate surface area is 257 Å².